The van der Waals surface area contributed by atoms with Crippen LogP contribution in [0, 0.1) is 18.8 Å². The fourth-order valence-corrected chi connectivity index (χ4v) is 4.77. The van der Waals surface area contributed by atoms with Crippen LogP contribution in [0.25, 0.3) is 11.4 Å². The Morgan fingerprint density at radius 1 is 1.21 bits per heavy atom. The number of carboxylic acid groups (broad SMARTS) is 1. The molecule has 0 radical (unpaired) electrons. The number of aryl methyl sites for hydroxylation is 2. The zero-order chi connectivity index (χ0) is 23.7. The number of ether oxygens (including phenoxy) is 1. The van der Waals surface area contributed by atoms with E-state index in [0.717, 1.165) is 30.7 Å². The number of rotatable bonds is 8. The predicted octanol–water partition coefficient (Wildman–Crippen LogP) is 3.52. The molecule has 180 valence electrons. The van der Waals surface area contributed by atoms with Gasteiger partial charge in [0, 0.05) is 13.5 Å². The Morgan fingerprint density at radius 3 is 2.76 bits per heavy atom. The molecule has 3 aromatic heterocycles. The number of aromatic nitrogens is 6. The molecular formula is C24H30N6O4. The van der Waals surface area contributed by atoms with Crippen LogP contribution < -0.4 is 4.74 Å². The maximum Gasteiger partial charge on any atom is 0.306 e. The highest BCUT2D eigenvalue weighted by Crippen LogP contribution is 2.31. The molecule has 0 amide bonds. The molecule has 2 aliphatic rings. The molecule has 0 saturated heterocycles. The third-order valence-electron chi connectivity index (χ3n) is 7.02. The standard InChI is InChI=1S/C24H30N6O4/c1-14-20(33-17-8-4-7-16(12-17)24(31)32)10-9-18(25-14)23-19(30(2)29-27-23)13-21-26-22(34-28-21)11-15-5-3-6-15/h9-10,15-17H,3-8,11-13H2,1-2H3,(H,31,32)/t16-,17-/m0/s1. The molecule has 34 heavy (non-hydrogen) atoms. The summed E-state index contributed by atoms with van der Waals surface area (Å²) in [6, 6.07) is 3.75. The zero-order valence-corrected chi connectivity index (χ0v) is 19.6. The van der Waals surface area contributed by atoms with Gasteiger partial charge >= 0.3 is 5.97 Å². The van der Waals surface area contributed by atoms with Crippen molar-refractivity contribution in [3.63, 3.8) is 0 Å². The van der Waals surface area contributed by atoms with Gasteiger partial charge < -0.3 is 14.4 Å². The van der Waals surface area contributed by atoms with Crippen LogP contribution >= 0.6 is 0 Å². The SMILES string of the molecule is Cc1nc(-c2nnn(C)c2Cc2noc(CC3CCC3)n2)ccc1O[C@H]1CCC[C@H](C(=O)O)C1. The normalized spacial score (nSPS) is 20.8. The number of carbonyl (C=O) groups is 1. The largest absolute Gasteiger partial charge is 0.489 e. The molecule has 2 fully saturated rings. The minimum atomic E-state index is -0.745. The molecule has 0 spiro atoms. The van der Waals surface area contributed by atoms with Crippen LogP contribution in [-0.2, 0) is 24.7 Å². The van der Waals surface area contributed by atoms with Crippen molar-refractivity contribution in [1.29, 1.82) is 0 Å². The third kappa shape index (κ3) is 4.80. The van der Waals surface area contributed by atoms with Crippen LogP contribution in [0.5, 0.6) is 5.75 Å². The van der Waals surface area contributed by atoms with Gasteiger partial charge in [-0.3, -0.25) is 9.48 Å². The van der Waals surface area contributed by atoms with E-state index in [2.05, 4.69) is 20.5 Å². The van der Waals surface area contributed by atoms with Crippen molar-refractivity contribution in [3.05, 3.63) is 35.2 Å². The Balaban J connectivity index is 1.30. The van der Waals surface area contributed by atoms with E-state index in [-0.39, 0.29) is 12.0 Å². The first kappa shape index (κ1) is 22.5. The van der Waals surface area contributed by atoms with Gasteiger partial charge in [0.15, 0.2) is 5.82 Å². The highest BCUT2D eigenvalue weighted by molar-refractivity contribution is 5.70. The molecule has 0 aromatic carbocycles. The highest BCUT2D eigenvalue weighted by atomic mass is 16.5. The first-order chi connectivity index (χ1) is 16.5. The quantitative estimate of drug-likeness (QED) is 0.530. The van der Waals surface area contributed by atoms with Crippen molar-refractivity contribution in [1.82, 2.24) is 30.1 Å². The van der Waals surface area contributed by atoms with Crippen LogP contribution in [0.4, 0.5) is 0 Å². The number of nitrogens with zero attached hydrogens (tertiary/aromatic N) is 6. The molecule has 1 N–H and O–H groups in total. The smallest absolute Gasteiger partial charge is 0.306 e. The lowest BCUT2D eigenvalue weighted by Crippen LogP contribution is -2.29. The second-order valence-electron chi connectivity index (χ2n) is 9.51. The van der Waals surface area contributed by atoms with Crippen molar-refractivity contribution in [2.24, 2.45) is 18.9 Å². The molecule has 2 saturated carbocycles. The van der Waals surface area contributed by atoms with E-state index in [0.29, 0.717) is 54.0 Å². The number of hydrogen-bond acceptors (Lipinski definition) is 8. The predicted molar refractivity (Wildman–Crippen MR) is 121 cm³/mol. The van der Waals surface area contributed by atoms with Gasteiger partial charge in [-0.15, -0.1) is 5.10 Å². The fraction of sp³-hybridized carbons (Fsp3) is 0.583. The first-order valence-electron chi connectivity index (χ1n) is 12.0. The summed E-state index contributed by atoms with van der Waals surface area (Å²) >= 11 is 0. The Morgan fingerprint density at radius 2 is 2.03 bits per heavy atom. The van der Waals surface area contributed by atoms with E-state index in [1.165, 1.54) is 19.3 Å². The fourth-order valence-electron chi connectivity index (χ4n) is 4.77. The molecule has 0 unspecified atom stereocenters. The van der Waals surface area contributed by atoms with Gasteiger partial charge in [0.2, 0.25) is 5.89 Å². The number of carboxylic acids is 1. The number of hydrogen-bond donors (Lipinski definition) is 1. The summed E-state index contributed by atoms with van der Waals surface area (Å²) in [5.74, 6) is 1.56. The lowest BCUT2D eigenvalue weighted by molar-refractivity contribution is -0.143. The number of aliphatic carboxylic acids is 1. The van der Waals surface area contributed by atoms with E-state index in [4.69, 9.17) is 14.2 Å². The second-order valence-corrected chi connectivity index (χ2v) is 9.51. The molecule has 5 rings (SSSR count). The Bertz CT molecular complexity index is 1170. The third-order valence-corrected chi connectivity index (χ3v) is 7.02. The molecule has 3 heterocycles. The van der Waals surface area contributed by atoms with Gasteiger partial charge in [0.05, 0.1) is 35.5 Å². The molecule has 10 heteroatoms. The molecule has 10 nitrogen and oxygen atoms in total. The monoisotopic (exact) mass is 466 g/mol. The minimum Gasteiger partial charge on any atom is -0.489 e. The van der Waals surface area contributed by atoms with Gasteiger partial charge in [-0.1, -0.05) is 16.8 Å². The average Bonchev–Trinajstić information content (AvgIpc) is 3.39. The van der Waals surface area contributed by atoms with Gasteiger partial charge in [0.25, 0.3) is 0 Å². The molecule has 2 atom stereocenters. The zero-order valence-electron chi connectivity index (χ0n) is 19.6. The van der Waals surface area contributed by atoms with Crippen molar-refractivity contribution >= 4 is 5.97 Å². The topological polar surface area (TPSA) is 129 Å². The summed E-state index contributed by atoms with van der Waals surface area (Å²) in [4.78, 5) is 20.6. The lowest BCUT2D eigenvalue weighted by atomic mass is 9.83. The van der Waals surface area contributed by atoms with E-state index < -0.39 is 5.97 Å². The van der Waals surface area contributed by atoms with Crippen LogP contribution in [-0.4, -0.2) is 47.3 Å². The van der Waals surface area contributed by atoms with Gasteiger partial charge in [-0.25, -0.2) is 4.98 Å². The molecule has 3 aromatic rings. The first-order valence-corrected chi connectivity index (χ1v) is 12.0. The van der Waals surface area contributed by atoms with Crippen LogP contribution in [0.1, 0.15) is 68.0 Å². The van der Waals surface area contributed by atoms with Crippen molar-refractivity contribution in [2.75, 3.05) is 0 Å². The summed E-state index contributed by atoms with van der Waals surface area (Å²) in [6.45, 7) is 1.89. The Kier molecular flexibility index (Phi) is 6.30. The van der Waals surface area contributed by atoms with Crippen LogP contribution in [0.15, 0.2) is 16.7 Å². The van der Waals surface area contributed by atoms with Crippen molar-refractivity contribution < 1.29 is 19.2 Å². The maximum absolute atomic E-state index is 11.4. The van der Waals surface area contributed by atoms with Gasteiger partial charge in [-0.2, -0.15) is 4.98 Å². The van der Waals surface area contributed by atoms with E-state index in [1.807, 2.05) is 26.1 Å². The van der Waals surface area contributed by atoms with Crippen LogP contribution in [0.3, 0.4) is 0 Å². The number of pyridine rings is 1. The summed E-state index contributed by atoms with van der Waals surface area (Å²) < 4.78 is 13.3. The summed E-state index contributed by atoms with van der Waals surface area (Å²) in [5.41, 5.74) is 2.95. The highest BCUT2D eigenvalue weighted by Gasteiger charge is 2.29. The van der Waals surface area contributed by atoms with Gasteiger partial charge in [0.1, 0.15) is 11.4 Å². The molecule has 2 aliphatic carbocycles. The van der Waals surface area contributed by atoms with E-state index >= 15 is 0 Å². The molecular weight excluding hydrogens is 436 g/mol. The van der Waals surface area contributed by atoms with Crippen LogP contribution in [0.2, 0.25) is 0 Å². The van der Waals surface area contributed by atoms with Crippen molar-refractivity contribution in [3.8, 4) is 17.1 Å². The summed E-state index contributed by atoms with van der Waals surface area (Å²) in [6.07, 6.45) is 7.89. The van der Waals surface area contributed by atoms with Crippen molar-refractivity contribution in [2.45, 2.75) is 70.8 Å². The Labute approximate surface area is 197 Å². The van der Waals surface area contributed by atoms with Gasteiger partial charge in [-0.05, 0) is 63.5 Å². The molecule has 0 aliphatic heterocycles. The second kappa shape index (κ2) is 9.52. The molecule has 0 bridgehead atoms. The maximum atomic E-state index is 11.4. The van der Waals surface area contributed by atoms with E-state index in [1.54, 1.807) is 4.68 Å². The average molecular weight is 467 g/mol. The minimum absolute atomic E-state index is 0.111. The lowest BCUT2D eigenvalue weighted by Gasteiger charge is -2.27. The van der Waals surface area contributed by atoms with E-state index in [9.17, 15) is 9.90 Å². The summed E-state index contributed by atoms with van der Waals surface area (Å²) in [7, 11) is 1.84. The summed E-state index contributed by atoms with van der Waals surface area (Å²) in [5, 5.41) is 22.0. The Hall–Kier alpha value is -3.30.